The van der Waals surface area contributed by atoms with Gasteiger partial charge >= 0.3 is 5.97 Å². The molecule has 0 fully saturated rings. The summed E-state index contributed by atoms with van der Waals surface area (Å²) in [4.78, 5) is 20.3. The Morgan fingerprint density at radius 2 is 2.29 bits per heavy atom. The summed E-state index contributed by atoms with van der Waals surface area (Å²) in [5.74, 6) is -0.00564. The summed E-state index contributed by atoms with van der Waals surface area (Å²) in [5, 5.41) is 12.4. The fourth-order valence-electron chi connectivity index (χ4n) is 2.50. The quantitative estimate of drug-likeness (QED) is 0.786. The summed E-state index contributed by atoms with van der Waals surface area (Å²) >= 11 is 1.61. The van der Waals surface area contributed by atoms with E-state index in [4.69, 9.17) is 0 Å². The fraction of sp³-hybridized carbons (Fsp3) is 0.267. The van der Waals surface area contributed by atoms with E-state index in [0.29, 0.717) is 17.6 Å². The van der Waals surface area contributed by atoms with E-state index in [-0.39, 0.29) is 0 Å². The van der Waals surface area contributed by atoms with Crippen molar-refractivity contribution >= 4 is 28.3 Å². The number of thiazole rings is 1. The molecule has 0 atom stereocenters. The molecule has 0 spiro atoms. The van der Waals surface area contributed by atoms with Gasteiger partial charge in [0.05, 0.1) is 21.6 Å². The number of para-hydroxylation sites is 1. The number of imidazole rings is 1. The lowest BCUT2D eigenvalue weighted by Crippen LogP contribution is -2.08. The molecule has 0 bridgehead atoms. The number of aromatic carboxylic acids is 1. The van der Waals surface area contributed by atoms with E-state index in [2.05, 4.69) is 9.97 Å². The van der Waals surface area contributed by atoms with Crippen LogP contribution in [0, 0.1) is 0 Å². The van der Waals surface area contributed by atoms with Gasteiger partial charge in [-0.3, -0.25) is 0 Å². The molecule has 3 rings (SSSR count). The third kappa shape index (κ3) is 2.54. The van der Waals surface area contributed by atoms with Crippen molar-refractivity contribution in [3.05, 3.63) is 46.2 Å². The second-order valence-corrected chi connectivity index (χ2v) is 5.67. The van der Waals surface area contributed by atoms with Crippen molar-refractivity contribution in [1.82, 2.24) is 14.5 Å². The first-order chi connectivity index (χ1) is 10.2. The van der Waals surface area contributed by atoms with Gasteiger partial charge in [-0.15, -0.1) is 11.3 Å². The van der Waals surface area contributed by atoms with E-state index in [1.54, 1.807) is 29.7 Å². The van der Waals surface area contributed by atoms with Crippen LogP contribution in [0.25, 0.3) is 11.0 Å². The highest BCUT2D eigenvalue weighted by Gasteiger charge is 2.16. The van der Waals surface area contributed by atoms with Crippen LogP contribution >= 0.6 is 11.3 Å². The number of fused-ring (bicyclic) bond motifs is 1. The normalized spacial score (nSPS) is 11.1. The van der Waals surface area contributed by atoms with Gasteiger partial charge in [0.1, 0.15) is 5.82 Å². The van der Waals surface area contributed by atoms with E-state index in [9.17, 15) is 9.90 Å². The van der Waals surface area contributed by atoms with Gasteiger partial charge in [-0.05, 0) is 12.1 Å². The molecule has 0 aliphatic carbocycles. The molecule has 2 heterocycles. The average Bonchev–Trinajstić information content (AvgIpc) is 3.11. The molecule has 0 unspecified atom stereocenters. The van der Waals surface area contributed by atoms with Gasteiger partial charge in [-0.25, -0.2) is 14.8 Å². The highest BCUT2D eigenvalue weighted by Crippen LogP contribution is 2.22. The standard InChI is InChI=1S/C15H15N3O2S/c1-2-12-17-11-5-3-4-10(15(19)20)14(11)18(12)8-6-13-16-7-9-21-13/h3-5,7,9H,2,6,8H2,1H3,(H,19,20). The molecule has 1 aromatic carbocycles. The molecule has 5 nitrogen and oxygen atoms in total. The van der Waals surface area contributed by atoms with Gasteiger partial charge in [0.25, 0.3) is 0 Å². The summed E-state index contributed by atoms with van der Waals surface area (Å²) in [6, 6.07) is 5.23. The number of hydrogen-bond donors (Lipinski definition) is 1. The molecular weight excluding hydrogens is 286 g/mol. The summed E-state index contributed by atoms with van der Waals surface area (Å²) in [5.41, 5.74) is 1.75. The van der Waals surface area contributed by atoms with Crippen LogP contribution in [0.4, 0.5) is 0 Å². The summed E-state index contributed by atoms with van der Waals surface area (Å²) in [6.45, 7) is 2.72. The lowest BCUT2D eigenvalue weighted by Gasteiger charge is -2.08. The number of nitrogens with zero attached hydrogens (tertiary/aromatic N) is 3. The average molecular weight is 301 g/mol. The molecule has 0 aliphatic rings. The van der Waals surface area contributed by atoms with Gasteiger partial charge < -0.3 is 9.67 Å². The van der Waals surface area contributed by atoms with Crippen LogP contribution in [0.3, 0.4) is 0 Å². The van der Waals surface area contributed by atoms with Crippen molar-refractivity contribution in [2.24, 2.45) is 0 Å². The first-order valence-corrected chi connectivity index (χ1v) is 7.68. The molecular formula is C15H15N3O2S. The van der Waals surface area contributed by atoms with Crippen LogP contribution < -0.4 is 0 Å². The van der Waals surface area contributed by atoms with Crippen LogP contribution in [0.1, 0.15) is 28.1 Å². The van der Waals surface area contributed by atoms with Gasteiger partial charge in [0.15, 0.2) is 0 Å². The van der Waals surface area contributed by atoms with Gasteiger partial charge in [0.2, 0.25) is 0 Å². The zero-order valence-electron chi connectivity index (χ0n) is 11.6. The topological polar surface area (TPSA) is 68.0 Å². The minimum Gasteiger partial charge on any atom is -0.478 e. The van der Waals surface area contributed by atoms with Crippen molar-refractivity contribution in [1.29, 1.82) is 0 Å². The molecule has 21 heavy (non-hydrogen) atoms. The van der Waals surface area contributed by atoms with Gasteiger partial charge in [0, 0.05) is 31.0 Å². The molecule has 0 saturated carbocycles. The van der Waals surface area contributed by atoms with Crippen molar-refractivity contribution in [2.45, 2.75) is 26.3 Å². The maximum absolute atomic E-state index is 11.4. The summed E-state index contributed by atoms with van der Waals surface area (Å²) in [7, 11) is 0. The molecule has 0 saturated heterocycles. The Bertz CT molecular complexity index is 778. The van der Waals surface area contributed by atoms with Crippen LogP contribution in [0.15, 0.2) is 29.8 Å². The fourth-order valence-corrected chi connectivity index (χ4v) is 3.11. The largest absolute Gasteiger partial charge is 0.478 e. The van der Waals surface area contributed by atoms with Crippen molar-refractivity contribution in [3.63, 3.8) is 0 Å². The Hall–Kier alpha value is -2.21. The summed E-state index contributed by atoms with van der Waals surface area (Å²) in [6.07, 6.45) is 3.34. The second kappa shape index (κ2) is 5.65. The Morgan fingerprint density at radius 1 is 1.43 bits per heavy atom. The Balaban J connectivity index is 2.07. The van der Waals surface area contributed by atoms with Crippen molar-refractivity contribution < 1.29 is 9.90 Å². The molecule has 0 radical (unpaired) electrons. The second-order valence-electron chi connectivity index (χ2n) is 4.69. The van der Waals surface area contributed by atoms with Crippen molar-refractivity contribution in [3.8, 4) is 0 Å². The number of carboxylic acids is 1. The first-order valence-electron chi connectivity index (χ1n) is 6.80. The smallest absolute Gasteiger partial charge is 0.337 e. The molecule has 3 aromatic rings. The maximum atomic E-state index is 11.4. The number of rotatable bonds is 5. The Morgan fingerprint density at radius 3 is 2.95 bits per heavy atom. The monoisotopic (exact) mass is 301 g/mol. The highest BCUT2D eigenvalue weighted by atomic mass is 32.1. The number of carbonyl (C=O) groups is 1. The van der Waals surface area contributed by atoms with E-state index >= 15 is 0 Å². The van der Waals surface area contributed by atoms with Crippen LogP contribution in [-0.2, 0) is 19.4 Å². The number of benzene rings is 1. The predicted octanol–water partition coefficient (Wildman–Crippen LogP) is 3.00. The molecule has 1 N–H and O–H groups in total. The van der Waals surface area contributed by atoms with E-state index in [0.717, 1.165) is 29.2 Å². The Kier molecular flexibility index (Phi) is 3.70. The van der Waals surface area contributed by atoms with Crippen LogP contribution in [0.5, 0.6) is 0 Å². The van der Waals surface area contributed by atoms with Crippen LogP contribution in [0.2, 0.25) is 0 Å². The van der Waals surface area contributed by atoms with E-state index < -0.39 is 5.97 Å². The molecule has 2 aromatic heterocycles. The zero-order valence-corrected chi connectivity index (χ0v) is 12.4. The molecule has 0 amide bonds. The first kappa shape index (κ1) is 13.8. The van der Waals surface area contributed by atoms with Gasteiger partial charge in [-0.2, -0.15) is 0 Å². The number of aryl methyl sites for hydroxylation is 3. The molecule has 108 valence electrons. The number of aromatic nitrogens is 3. The number of hydrogen-bond acceptors (Lipinski definition) is 4. The van der Waals surface area contributed by atoms with Crippen LogP contribution in [-0.4, -0.2) is 25.6 Å². The minimum absolute atomic E-state index is 0.304. The third-order valence-corrected chi connectivity index (χ3v) is 4.26. The number of carboxylic acid groups (broad SMARTS) is 1. The van der Waals surface area contributed by atoms with E-state index in [1.165, 1.54) is 0 Å². The Labute approximate surface area is 125 Å². The molecule has 0 aliphatic heterocycles. The zero-order chi connectivity index (χ0) is 14.8. The third-order valence-electron chi connectivity index (χ3n) is 3.43. The lowest BCUT2D eigenvalue weighted by atomic mass is 10.2. The molecule has 6 heteroatoms. The van der Waals surface area contributed by atoms with E-state index in [1.807, 2.05) is 22.9 Å². The summed E-state index contributed by atoms with van der Waals surface area (Å²) < 4.78 is 2.01. The SMILES string of the molecule is CCc1nc2cccc(C(=O)O)c2n1CCc1nccs1. The maximum Gasteiger partial charge on any atom is 0.337 e. The van der Waals surface area contributed by atoms with Crippen molar-refractivity contribution in [2.75, 3.05) is 0 Å². The lowest BCUT2D eigenvalue weighted by molar-refractivity contribution is 0.0698. The van der Waals surface area contributed by atoms with Gasteiger partial charge in [-0.1, -0.05) is 13.0 Å². The predicted molar refractivity (Wildman–Crippen MR) is 81.9 cm³/mol. The minimum atomic E-state index is -0.918. The highest BCUT2D eigenvalue weighted by molar-refractivity contribution is 7.09.